The second kappa shape index (κ2) is 12.4. The maximum absolute atomic E-state index is 12.5. The van der Waals surface area contributed by atoms with Crippen LogP contribution >= 0.6 is 11.3 Å². The van der Waals surface area contributed by atoms with Gasteiger partial charge in [-0.3, -0.25) is 4.79 Å². The van der Waals surface area contributed by atoms with E-state index in [1.54, 1.807) is 18.2 Å². The molecule has 0 aliphatic heterocycles. The fourth-order valence-corrected chi connectivity index (χ4v) is 7.81. The number of amides is 1. The van der Waals surface area contributed by atoms with Gasteiger partial charge in [0.25, 0.3) is 5.91 Å². The molecule has 39 heavy (non-hydrogen) atoms. The zero-order valence-corrected chi connectivity index (χ0v) is 23.9. The first kappa shape index (κ1) is 27.4. The minimum absolute atomic E-state index is 0.00267. The molecule has 1 heterocycles. The number of nitrogens with zero attached hydrogens (tertiary/aromatic N) is 2. The predicted octanol–water partition coefficient (Wildman–Crippen LogP) is 6.23. The molecule has 2 aromatic carbocycles. The van der Waals surface area contributed by atoms with Crippen LogP contribution in [0.2, 0.25) is 0 Å². The molecule has 0 radical (unpaired) electrons. The number of aromatic hydroxyl groups is 1. The Morgan fingerprint density at radius 1 is 1.18 bits per heavy atom. The first-order chi connectivity index (χ1) is 19.0. The van der Waals surface area contributed by atoms with Crippen molar-refractivity contribution in [3.05, 3.63) is 86.1 Å². The SMILES string of the molecule is CCC(CCc1sc2c(c1C#N)CCC(N(C)CC1CCc3ccccc31)C2)CNC(=O)c1ccccc1O. The number of phenols is 1. The fraction of sp³-hybridized carbons (Fsp3) is 0.455. The van der Waals surface area contributed by atoms with Gasteiger partial charge in [0.15, 0.2) is 0 Å². The van der Waals surface area contributed by atoms with Crippen molar-refractivity contribution >= 4 is 17.2 Å². The summed E-state index contributed by atoms with van der Waals surface area (Å²) in [7, 11) is 2.28. The summed E-state index contributed by atoms with van der Waals surface area (Å²) in [5.41, 5.74) is 5.56. The highest BCUT2D eigenvalue weighted by Crippen LogP contribution is 2.38. The van der Waals surface area contributed by atoms with Crippen LogP contribution in [0.25, 0.3) is 0 Å². The number of fused-ring (bicyclic) bond motifs is 2. The van der Waals surface area contributed by atoms with Gasteiger partial charge in [0.05, 0.1) is 11.1 Å². The molecule has 3 aromatic rings. The number of nitriles is 1. The van der Waals surface area contributed by atoms with Crippen molar-refractivity contribution in [2.45, 2.75) is 70.3 Å². The Balaban J connectivity index is 1.18. The molecule has 3 atom stereocenters. The van der Waals surface area contributed by atoms with E-state index in [1.165, 1.54) is 45.4 Å². The van der Waals surface area contributed by atoms with Crippen molar-refractivity contribution in [1.82, 2.24) is 10.2 Å². The lowest BCUT2D eigenvalue weighted by Gasteiger charge is -2.33. The van der Waals surface area contributed by atoms with Crippen LogP contribution in [0.5, 0.6) is 5.75 Å². The van der Waals surface area contributed by atoms with Crippen molar-refractivity contribution in [2.75, 3.05) is 20.1 Å². The average Bonchev–Trinajstić information content (AvgIpc) is 3.53. The van der Waals surface area contributed by atoms with Crippen LogP contribution in [0.3, 0.4) is 0 Å². The number of para-hydroxylation sites is 1. The van der Waals surface area contributed by atoms with Crippen molar-refractivity contribution < 1.29 is 9.90 Å². The summed E-state index contributed by atoms with van der Waals surface area (Å²) in [6, 6.07) is 18.6. The summed E-state index contributed by atoms with van der Waals surface area (Å²) in [5, 5.41) is 23.0. The quantitative estimate of drug-likeness (QED) is 0.319. The zero-order chi connectivity index (χ0) is 27.4. The van der Waals surface area contributed by atoms with Gasteiger partial charge in [-0.05, 0) is 92.7 Å². The average molecular weight is 542 g/mol. The first-order valence-corrected chi connectivity index (χ1v) is 15.2. The third-order valence-electron chi connectivity index (χ3n) is 8.87. The van der Waals surface area contributed by atoms with Crippen LogP contribution in [0.1, 0.15) is 80.9 Å². The van der Waals surface area contributed by atoms with Gasteiger partial charge in [-0.1, -0.05) is 49.7 Å². The summed E-state index contributed by atoms with van der Waals surface area (Å²) in [5.74, 6) is 0.701. The Hall–Kier alpha value is -3.14. The molecule has 0 saturated heterocycles. The van der Waals surface area contributed by atoms with Gasteiger partial charge in [-0.2, -0.15) is 5.26 Å². The van der Waals surface area contributed by atoms with Crippen LogP contribution in [-0.2, 0) is 25.7 Å². The lowest BCUT2D eigenvalue weighted by atomic mass is 9.89. The van der Waals surface area contributed by atoms with E-state index >= 15 is 0 Å². The van der Waals surface area contributed by atoms with E-state index < -0.39 is 0 Å². The topological polar surface area (TPSA) is 76.4 Å². The van der Waals surface area contributed by atoms with Crippen LogP contribution < -0.4 is 5.32 Å². The number of aryl methyl sites for hydroxylation is 2. The monoisotopic (exact) mass is 541 g/mol. The number of thiophene rings is 1. The second-order valence-electron chi connectivity index (χ2n) is 11.2. The third-order valence-corrected chi connectivity index (χ3v) is 10.2. The van der Waals surface area contributed by atoms with Crippen molar-refractivity contribution in [1.29, 1.82) is 5.26 Å². The molecule has 6 heteroatoms. The molecule has 0 fully saturated rings. The van der Waals surface area contributed by atoms with Crippen LogP contribution in [-0.4, -0.2) is 42.1 Å². The molecule has 5 rings (SSSR count). The molecule has 0 spiro atoms. The van der Waals surface area contributed by atoms with Crippen LogP contribution in [0.15, 0.2) is 48.5 Å². The van der Waals surface area contributed by atoms with E-state index in [1.807, 2.05) is 11.3 Å². The van der Waals surface area contributed by atoms with Gasteiger partial charge in [-0.25, -0.2) is 0 Å². The lowest BCUT2D eigenvalue weighted by Crippen LogP contribution is -2.38. The van der Waals surface area contributed by atoms with Gasteiger partial charge < -0.3 is 15.3 Å². The Labute approximate surface area is 236 Å². The smallest absolute Gasteiger partial charge is 0.255 e. The van der Waals surface area contributed by atoms with Crippen LogP contribution in [0, 0.1) is 17.2 Å². The van der Waals surface area contributed by atoms with E-state index in [0.717, 1.165) is 50.6 Å². The molecule has 1 aromatic heterocycles. The van der Waals surface area contributed by atoms with Crippen molar-refractivity contribution in [3.8, 4) is 11.8 Å². The Morgan fingerprint density at radius 3 is 2.77 bits per heavy atom. The minimum atomic E-state index is -0.243. The molecule has 2 N–H and O–H groups in total. The molecule has 5 nitrogen and oxygen atoms in total. The van der Waals surface area contributed by atoms with Crippen LogP contribution in [0.4, 0.5) is 0 Å². The zero-order valence-electron chi connectivity index (χ0n) is 23.1. The summed E-state index contributed by atoms with van der Waals surface area (Å²) in [6.07, 6.45) is 8.31. The first-order valence-electron chi connectivity index (χ1n) is 14.4. The van der Waals surface area contributed by atoms with E-state index in [2.05, 4.69) is 54.5 Å². The number of hydrogen-bond donors (Lipinski definition) is 2. The molecule has 204 valence electrons. The number of benzene rings is 2. The normalized spacial score (nSPS) is 18.8. The molecular formula is C33H39N3O2S. The fourth-order valence-electron chi connectivity index (χ4n) is 6.42. The summed E-state index contributed by atoms with van der Waals surface area (Å²) < 4.78 is 0. The number of rotatable bonds is 10. The summed E-state index contributed by atoms with van der Waals surface area (Å²) in [6.45, 7) is 3.81. The van der Waals surface area contributed by atoms with Gasteiger partial charge in [0, 0.05) is 28.9 Å². The molecule has 2 aliphatic carbocycles. The van der Waals surface area contributed by atoms with E-state index in [4.69, 9.17) is 0 Å². The second-order valence-corrected chi connectivity index (χ2v) is 12.4. The number of phenolic OH excluding ortho intramolecular Hbond substituents is 1. The summed E-state index contributed by atoms with van der Waals surface area (Å²) >= 11 is 1.85. The lowest BCUT2D eigenvalue weighted by molar-refractivity contribution is 0.0943. The Morgan fingerprint density at radius 2 is 1.97 bits per heavy atom. The van der Waals surface area contributed by atoms with Gasteiger partial charge >= 0.3 is 0 Å². The van der Waals surface area contributed by atoms with Gasteiger partial charge in [-0.15, -0.1) is 11.3 Å². The number of nitrogens with one attached hydrogen (secondary N) is 1. The maximum atomic E-state index is 12.5. The molecular weight excluding hydrogens is 502 g/mol. The van der Waals surface area contributed by atoms with Gasteiger partial charge in [0.1, 0.15) is 11.8 Å². The highest BCUT2D eigenvalue weighted by Gasteiger charge is 2.30. The minimum Gasteiger partial charge on any atom is -0.507 e. The third kappa shape index (κ3) is 6.05. The summed E-state index contributed by atoms with van der Waals surface area (Å²) in [4.78, 5) is 17.7. The number of carbonyl (C=O) groups is 1. The highest BCUT2D eigenvalue weighted by molar-refractivity contribution is 7.12. The highest BCUT2D eigenvalue weighted by atomic mass is 32.1. The largest absolute Gasteiger partial charge is 0.507 e. The molecule has 1 amide bonds. The number of likely N-dealkylation sites (N-methyl/N-ethyl adjacent to an activating group) is 1. The molecule has 3 unspecified atom stereocenters. The van der Waals surface area contributed by atoms with Gasteiger partial charge in [0.2, 0.25) is 0 Å². The number of carbonyl (C=O) groups excluding carboxylic acids is 1. The molecule has 2 aliphatic rings. The van der Waals surface area contributed by atoms with E-state index in [9.17, 15) is 15.2 Å². The predicted molar refractivity (Wildman–Crippen MR) is 158 cm³/mol. The Bertz CT molecular complexity index is 1360. The standard InChI is InChI=1S/C33H39N3O2S/c1-3-22(20-35-33(38)28-10-6-7-11-30(28)37)12-17-31-29(19-34)27-16-15-25(18-32(27)39-31)36(2)21-24-14-13-23-8-4-5-9-26(23)24/h4-11,22,24-25,37H,3,12-18,20-21H2,1-2H3,(H,35,38). The van der Waals surface area contributed by atoms with Crippen molar-refractivity contribution in [2.24, 2.45) is 5.92 Å². The number of hydrogen-bond acceptors (Lipinski definition) is 5. The molecule has 0 saturated carbocycles. The molecule has 0 bridgehead atoms. The Kier molecular flexibility index (Phi) is 8.69. The van der Waals surface area contributed by atoms with E-state index in [0.29, 0.717) is 30.0 Å². The van der Waals surface area contributed by atoms with Crippen molar-refractivity contribution in [3.63, 3.8) is 0 Å². The maximum Gasteiger partial charge on any atom is 0.255 e. The van der Waals surface area contributed by atoms with E-state index in [-0.39, 0.29) is 11.7 Å².